The number of anilines is 1. The van der Waals surface area contributed by atoms with E-state index in [9.17, 15) is 14.9 Å². The van der Waals surface area contributed by atoms with Gasteiger partial charge in [-0.1, -0.05) is 42.6 Å². The molecule has 0 spiro atoms. The van der Waals surface area contributed by atoms with Crippen molar-refractivity contribution in [1.82, 2.24) is 9.88 Å². The lowest BCUT2D eigenvalue weighted by Gasteiger charge is -2.24. The standard InChI is InChI=1S/C20H24N4O4S2/c1-5-22(6-2)11-12-23(19(25)15-9-10-16(29-15)24(26)27)20-21-17-14(28-4)8-7-13(3)18(17)30-20/h7-10H,5-6,11-12H2,1-4H3. The predicted molar refractivity (Wildman–Crippen MR) is 121 cm³/mol. The highest BCUT2D eigenvalue weighted by Crippen LogP contribution is 2.37. The lowest BCUT2D eigenvalue weighted by atomic mass is 10.2. The summed E-state index contributed by atoms with van der Waals surface area (Å²) in [6, 6.07) is 6.71. The number of hydrogen-bond acceptors (Lipinski definition) is 8. The molecule has 30 heavy (non-hydrogen) atoms. The van der Waals surface area contributed by atoms with Gasteiger partial charge in [0.2, 0.25) is 0 Å². The molecule has 3 aromatic rings. The second-order valence-corrected chi connectivity index (χ2v) is 8.68. The summed E-state index contributed by atoms with van der Waals surface area (Å²) in [5.74, 6) is 0.372. The molecule has 10 heteroatoms. The van der Waals surface area contributed by atoms with E-state index in [-0.39, 0.29) is 10.9 Å². The van der Waals surface area contributed by atoms with Gasteiger partial charge in [-0.3, -0.25) is 19.8 Å². The molecule has 0 saturated heterocycles. The first-order valence-electron chi connectivity index (χ1n) is 9.62. The van der Waals surface area contributed by atoms with E-state index in [0.29, 0.717) is 28.8 Å². The SMILES string of the molecule is CCN(CC)CCN(C(=O)c1ccc([N+](=O)[O-])s1)c1nc2c(OC)ccc(C)c2s1. The van der Waals surface area contributed by atoms with Gasteiger partial charge in [0.05, 0.1) is 21.6 Å². The number of rotatable bonds is 9. The van der Waals surface area contributed by atoms with E-state index >= 15 is 0 Å². The van der Waals surface area contributed by atoms with Gasteiger partial charge < -0.3 is 9.64 Å². The number of methoxy groups -OCH3 is 1. The maximum atomic E-state index is 13.3. The second kappa shape index (κ2) is 9.50. The molecule has 0 unspecified atom stereocenters. The van der Waals surface area contributed by atoms with Gasteiger partial charge in [-0.05, 0) is 37.7 Å². The molecule has 0 saturated carbocycles. The molecular formula is C20H24N4O4S2. The molecule has 1 amide bonds. The van der Waals surface area contributed by atoms with Gasteiger partial charge in [-0.2, -0.15) is 0 Å². The molecule has 0 N–H and O–H groups in total. The third-order valence-corrected chi connectivity index (χ3v) is 7.14. The molecule has 0 atom stereocenters. The van der Waals surface area contributed by atoms with E-state index in [1.54, 1.807) is 12.0 Å². The summed E-state index contributed by atoms with van der Waals surface area (Å²) < 4.78 is 6.40. The number of thiophene rings is 1. The van der Waals surface area contributed by atoms with Gasteiger partial charge in [0, 0.05) is 19.2 Å². The Bertz CT molecular complexity index is 1060. The van der Waals surface area contributed by atoms with Crippen molar-refractivity contribution in [2.75, 3.05) is 38.2 Å². The molecule has 0 bridgehead atoms. The van der Waals surface area contributed by atoms with Crippen LogP contribution in [0, 0.1) is 17.0 Å². The maximum absolute atomic E-state index is 13.3. The minimum Gasteiger partial charge on any atom is -0.494 e. The fourth-order valence-electron chi connectivity index (χ4n) is 3.12. The fraction of sp³-hybridized carbons (Fsp3) is 0.400. The molecule has 0 aliphatic rings. The van der Waals surface area contributed by atoms with Crippen molar-refractivity contribution in [2.24, 2.45) is 0 Å². The number of thiazole rings is 1. The minimum atomic E-state index is -0.479. The van der Waals surface area contributed by atoms with Crippen LogP contribution in [0.15, 0.2) is 24.3 Å². The third-order valence-electron chi connectivity index (χ3n) is 4.90. The zero-order valence-electron chi connectivity index (χ0n) is 17.4. The van der Waals surface area contributed by atoms with Crippen molar-refractivity contribution in [3.05, 3.63) is 44.8 Å². The van der Waals surface area contributed by atoms with Crippen LogP contribution in [0.4, 0.5) is 10.1 Å². The van der Waals surface area contributed by atoms with Crippen LogP contribution in [-0.2, 0) is 0 Å². The molecule has 8 nitrogen and oxygen atoms in total. The molecule has 0 aliphatic carbocycles. The predicted octanol–water partition coefficient (Wildman–Crippen LogP) is 4.57. The molecular weight excluding hydrogens is 424 g/mol. The number of benzene rings is 1. The first-order chi connectivity index (χ1) is 14.4. The van der Waals surface area contributed by atoms with Gasteiger partial charge in [0.1, 0.15) is 11.3 Å². The van der Waals surface area contributed by atoms with Crippen LogP contribution < -0.4 is 9.64 Å². The number of nitro groups is 1. The van der Waals surface area contributed by atoms with Crippen LogP contribution in [0.25, 0.3) is 10.2 Å². The molecule has 2 aromatic heterocycles. The van der Waals surface area contributed by atoms with E-state index in [1.165, 1.54) is 23.5 Å². The Morgan fingerprint density at radius 1 is 1.17 bits per heavy atom. The Balaban J connectivity index is 2.02. The summed E-state index contributed by atoms with van der Waals surface area (Å²) >= 11 is 2.31. The average Bonchev–Trinajstić information content (AvgIpc) is 3.39. The number of nitrogens with zero attached hydrogens (tertiary/aromatic N) is 4. The summed E-state index contributed by atoms with van der Waals surface area (Å²) in [5.41, 5.74) is 1.77. The van der Waals surface area contributed by atoms with Crippen LogP contribution in [0.2, 0.25) is 0 Å². The van der Waals surface area contributed by atoms with Crippen molar-refractivity contribution in [2.45, 2.75) is 20.8 Å². The zero-order chi connectivity index (χ0) is 21.8. The van der Waals surface area contributed by atoms with E-state index < -0.39 is 4.92 Å². The number of hydrogen-bond donors (Lipinski definition) is 0. The Labute approximate surface area is 182 Å². The number of carbonyl (C=O) groups is 1. The molecule has 0 radical (unpaired) electrons. The Morgan fingerprint density at radius 3 is 2.50 bits per heavy atom. The summed E-state index contributed by atoms with van der Waals surface area (Å²) in [6.45, 7) is 9.00. The molecule has 160 valence electrons. The number of likely N-dealkylation sites (N-methyl/N-ethyl adjacent to an activating group) is 1. The van der Waals surface area contributed by atoms with Crippen molar-refractivity contribution in [1.29, 1.82) is 0 Å². The van der Waals surface area contributed by atoms with E-state index in [0.717, 1.165) is 40.2 Å². The molecule has 3 rings (SSSR count). The highest BCUT2D eigenvalue weighted by molar-refractivity contribution is 7.22. The van der Waals surface area contributed by atoms with Crippen LogP contribution in [0.5, 0.6) is 5.75 Å². The zero-order valence-corrected chi connectivity index (χ0v) is 19.0. The normalized spacial score (nSPS) is 11.2. The van der Waals surface area contributed by atoms with E-state index in [1.807, 2.05) is 19.1 Å². The van der Waals surface area contributed by atoms with Gasteiger partial charge in [0.25, 0.3) is 5.91 Å². The van der Waals surface area contributed by atoms with Crippen LogP contribution in [0.1, 0.15) is 29.1 Å². The van der Waals surface area contributed by atoms with Gasteiger partial charge >= 0.3 is 5.00 Å². The largest absolute Gasteiger partial charge is 0.494 e. The van der Waals surface area contributed by atoms with E-state index in [4.69, 9.17) is 9.72 Å². The Morgan fingerprint density at radius 2 is 1.90 bits per heavy atom. The quantitative estimate of drug-likeness (QED) is 0.352. The topological polar surface area (TPSA) is 88.8 Å². The summed E-state index contributed by atoms with van der Waals surface area (Å²) in [4.78, 5) is 32.8. The van der Waals surface area contributed by atoms with Crippen molar-refractivity contribution < 1.29 is 14.5 Å². The van der Waals surface area contributed by atoms with Crippen LogP contribution in [0.3, 0.4) is 0 Å². The average molecular weight is 449 g/mol. The smallest absolute Gasteiger partial charge is 0.324 e. The molecule has 0 aliphatic heterocycles. The molecule has 0 fully saturated rings. The number of carbonyl (C=O) groups excluding carboxylic acids is 1. The third kappa shape index (κ3) is 4.45. The van der Waals surface area contributed by atoms with Gasteiger partial charge in [-0.25, -0.2) is 4.98 Å². The number of aromatic nitrogens is 1. The highest BCUT2D eigenvalue weighted by Gasteiger charge is 2.26. The minimum absolute atomic E-state index is 0.0520. The van der Waals surface area contributed by atoms with Crippen molar-refractivity contribution >= 4 is 48.9 Å². The van der Waals surface area contributed by atoms with E-state index in [2.05, 4.69) is 18.7 Å². The monoisotopic (exact) mass is 448 g/mol. The number of aryl methyl sites for hydroxylation is 1. The lowest BCUT2D eigenvalue weighted by molar-refractivity contribution is -0.380. The van der Waals surface area contributed by atoms with Crippen molar-refractivity contribution in [3.63, 3.8) is 0 Å². The number of ether oxygens (including phenoxy) is 1. The molecule has 2 heterocycles. The van der Waals surface area contributed by atoms with Gasteiger partial charge in [-0.15, -0.1) is 0 Å². The number of amides is 1. The Hall–Kier alpha value is -2.56. The van der Waals surface area contributed by atoms with Crippen LogP contribution >= 0.6 is 22.7 Å². The van der Waals surface area contributed by atoms with Crippen LogP contribution in [-0.4, -0.2) is 54.0 Å². The first kappa shape index (κ1) is 22.1. The molecule has 1 aromatic carbocycles. The van der Waals surface area contributed by atoms with Crippen molar-refractivity contribution in [3.8, 4) is 5.75 Å². The summed E-state index contributed by atoms with van der Waals surface area (Å²) in [5, 5.41) is 11.6. The highest BCUT2D eigenvalue weighted by atomic mass is 32.1. The maximum Gasteiger partial charge on any atom is 0.324 e. The first-order valence-corrected chi connectivity index (χ1v) is 11.2. The second-order valence-electron chi connectivity index (χ2n) is 6.64. The summed E-state index contributed by atoms with van der Waals surface area (Å²) in [7, 11) is 1.59. The number of fused-ring (bicyclic) bond motifs is 1. The lowest BCUT2D eigenvalue weighted by Crippen LogP contribution is -2.38. The summed E-state index contributed by atoms with van der Waals surface area (Å²) in [6.07, 6.45) is 0. The van der Waals surface area contributed by atoms with Gasteiger partial charge in [0.15, 0.2) is 5.13 Å². The Kier molecular flexibility index (Phi) is 7.01. The fourth-order valence-corrected chi connectivity index (χ4v) is 4.96.